The summed E-state index contributed by atoms with van der Waals surface area (Å²) in [6.07, 6.45) is 1.85. The minimum absolute atomic E-state index is 0.0120. The first kappa shape index (κ1) is 19.8. The number of hydrogen-bond acceptors (Lipinski definition) is 3. The average molecular weight is 380 g/mol. The number of amides is 1. The Morgan fingerprint density at radius 2 is 1.86 bits per heavy atom. The zero-order chi connectivity index (χ0) is 20.1. The molecule has 146 valence electrons. The van der Waals surface area contributed by atoms with Gasteiger partial charge >= 0.3 is 0 Å². The third-order valence-electron chi connectivity index (χ3n) is 4.40. The number of H-pyrrole nitrogens is 1. The van der Waals surface area contributed by atoms with E-state index in [1.807, 2.05) is 30.5 Å². The summed E-state index contributed by atoms with van der Waals surface area (Å²) < 4.78 is 13.0. The van der Waals surface area contributed by atoms with Gasteiger partial charge in [0.05, 0.1) is 6.20 Å². The molecule has 0 atom stereocenters. The van der Waals surface area contributed by atoms with Crippen molar-refractivity contribution in [3.8, 4) is 0 Å². The lowest BCUT2D eigenvalue weighted by molar-refractivity contribution is 0.102. The number of anilines is 1. The fourth-order valence-corrected chi connectivity index (χ4v) is 3.00. The van der Waals surface area contributed by atoms with Crippen molar-refractivity contribution < 1.29 is 9.18 Å². The molecule has 3 aromatic rings. The number of nitrogens with zero attached hydrogens (tertiary/aromatic N) is 1. The highest BCUT2D eigenvalue weighted by Gasteiger charge is 2.19. The van der Waals surface area contributed by atoms with Gasteiger partial charge in [0, 0.05) is 41.0 Å². The van der Waals surface area contributed by atoms with Crippen molar-refractivity contribution >= 4 is 11.6 Å². The molecule has 0 fully saturated rings. The molecule has 1 heterocycles. The number of nitrogens with one attached hydrogen (secondary N) is 3. The molecule has 28 heavy (non-hydrogen) atoms. The van der Waals surface area contributed by atoms with Crippen molar-refractivity contribution in [2.45, 2.75) is 39.3 Å². The summed E-state index contributed by atoms with van der Waals surface area (Å²) in [6.45, 7) is 7.82. The minimum Gasteiger partial charge on any atom is -0.322 e. The van der Waals surface area contributed by atoms with Crippen molar-refractivity contribution in [1.82, 2.24) is 15.5 Å². The van der Waals surface area contributed by atoms with Crippen LogP contribution >= 0.6 is 0 Å². The van der Waals surface area contributed by atoms with E-state index in [9.17, 15) is 9.18 Å². The van der Waals surface area contributed by atoms with Gasteiger partial charge in [-0.2, -0.15) is 5.10 Å². The van der Waals surface area contributed by atoms with Crippen molar-refractivity contribution in [3.05, 3.63) is 82.9 Å². The monoisotopic (exact) mass is 380 g/mol. The molecule has 0 unspecified atom stereocenters. The van der Waals surface area contributed by atoms with Crippen LogP contribution in [-0.4, -0.2) is 16.1 Å². The van der Waals surface area contributed by atoms with Crippen molar-refractivity contribution in [3.63, 3.8) is 0 Å². The Labute approximate surface area is 164 Å². The maximum absolute atomic E-state index is 13.0. The quantitative estimate of drug-likeness (QED) is 0.594. The van der Waals surface area contributed by atoms with E-state index >= 15 is 0 Å². The van der Waals surface area contributed by atoms with Crippen LogP contribution in [0.3, 0.4) is 0 Å². The largest absolute Gasteiger partial charge is 0.322 e. The van der Waals surface area contributed by atoms with Crippen LogP contribution in [0.15, 0.2) is 54.7 Å². The molecule has 0 bridgehead atoms. The number of aromatic amines is 1. The molecule has 0 aliphatic carbocycles. The topological polar surface area (TPSA) is 69.8 Å². The number of hydrogen-bond donors (Lipinski definition) is 3. The molecule has 1 amide bonds. The van der Waals surface area contributed by atoms with E-state index in [1.54, 1.807) is 0 Å². The van der Waals surface area contributed by atoms with Crippen molar-refractivity contribution in [1.29, 1.82) is 0 Å². The first-order valence-corrected chi connectivity index (χ1v) is 9.22. The molecule has 0 aliphatic rings. The summed E-state index contributed by atoms with van der Waals surface area (Å²) in [7, 11) is 0. The van der Waals surface area contributed by atoms with Crippen LogP contribution in [0.2, 0.25) is 0 Å². The van der Waals surface area contributed by atoms with Crippen LogP contribution in [0.4, 0.5) is 10.1 Å². The summed E-state index contributed by atoms with van der Waals surface area (Å²) in [4.78, 5) is 12.3. The predicted molar refractivity (Wildman–Crippen MR) is 109 cm³/mol. The Bertz CT molecular complexity index is 942. The van der Waals surface area contributed by atoms with E-state index in [-0.39, 0.29) is 17.1 Å². The average Bonchev–Trinajstić information content (AvgIpc) is 3.12. The molecule has 0 radical (unpaired) electrons. The van der Waals surface area contributed by atoms with Gasteiger partial charge in [0.1, 0.15) is 5.82 Å². The van der Waals surface area contributed by atoms with E-state index in [0.29, 0.717) is 24.3 Å². The van der Waals surface area contributed by atoms with Gasteiger partial charge in [-0.1, -0.05) is 32.9 Å². The van der Waals surface area contributed by atoms with Crippen LogP contribution in [0.25, 0.3) is 0 Å². The first-order chi connectivity index (χ1) is 13.3. The number of rotatable bonds is 6. The molecule has 3 N–H and O–H groups in total. The molecule has 5 nitrogen and oxygen atoms in total. The standard InChI is InChI=1S/C22H25FN4O/c1-22(2,3)20-17(14-25-27-20)13-24-12-15-5-4-6-19(11-15)26-21(28)16-7-9-18(23)10-8-16/h4-11,14,24H,12-13H2,1-3H3,(H,25,27)(H,26,28). The Balaban J connectivity index is 1.59. The van der Waals surface area contributed by atoms with Crippen LogP contribution in [0.1, 0.15) is 48.0 Å². The van der Waals surface area contributed by atoms with E-state index < -0.39 is 0 Å². The zero-order valence-corrected chi connectivity index (χ0v) is 16.3. The van der Waals surface area contributed by atoms with Gasteiger partial charge < -0.3 is 10.6 Å². The molecule has 0 saturated carbocycles. The van der Waals surface area contributed by atoms with E-state index in [1.165, 1.54) is 24.3 Å². The molecular weight excluding hydrogens is 355 g/mol. The van der Waals surface area contributed by atoms with Crippen molar-refractivity contribution in [2.75, 3.05) is 5.32 Å². The third kappa shape index (κ3) is 5.04. The molecule has 1 aromatic heterocycles. The minimum atomic E-state index is -0.364. The third-order valence-corrected chi connectivity index (χ3v) is 4.40. The summed E-state index contributed by atoms with van der Waals surface area (Å²) in [5.74, 6) is -0.629. The molecule has 3 rings (SSSR count). The summed E-state index contributed by atoms with van der Waals surface area (Å²) in [5.41, 5.74) is 4.45. The van der Waals surface area contributed by atoms with E-state index in [0.717, 1.165) is 16.8 Å². The maximum atomic E-state index is 13.0. The second-order valence-electron chi connectivity index (χ2n) is 7.79. The van der Waals surface area contributed by atoms with Gasteiger partial charge in [0.2, 0.25) is 0 Å². The Morgan fingerprint density at radius 1 is 1.11 bits per heavy atom. The SMILES string of the molecule is CC(C)(C)c1[nH]ncc1CNCc1cccc(NC(=O)c2ccc(F)cc2)c1. The smallest absolute Gasteiger partial charge is 0.255 e. The first-order valence-electron chi connectivity index (χ1n) is 9.22. The highest BCUT2D eigenvalue weighted by Crippen LogP contribution is 2.23. The van der Waals surface area contributed by atoms with Crippen molar-refractivity contribution in [2.24, 2.45) is 0 Å². The van der Waals surface area contributed by atoms with Crippen LogP contribution in [0, 0.1) is 5.82 Å². The highest BCUT2D eigenvalue weighted by molar-refractivity contribution is 6.04. The summed E-state index contributed by atoms with van der Waals surface area (Å²) in [5, 5.41) is 13.5. The van der Waals surface area contributed by atoms with Gasteiger partial charge in [-0.3, -0.25) is 9.89 Å². The normalized spacial score (nSPS) is 11.4. The Morgan fingerprint density at radius 3 is 2.57 bits per heavy atom. The fraction of sp³-hybridized carbons (Fsp3) is 0.273. The number of carbonyl (C=O) groups is 1. The van der Waals surface area contributed by atoms with Crippen LogP contribution in [0.5, 0.6) is 0 Å². The lowest BCUT2D eigenvalue weighted by Crippen LogP contribution is -2.19. The van der Waals surface area contributed by atoms with Gasteiger partial charge in [-0.25, -0.2) is 4.39 Å². The molecular formula is C22H25FN4O. The second-order valence-corrected chi connectivity index (χ2v) is 7.79. The second kappa shape index (κ2) is 8.35. The Kier molecular flexibility index (Phi) is 5.90. The van der Waals surface area contributed by atoms with E-state index in [4.69, 9.17) is 0 Å². The lowest BCUT2D eigenvalue weighted by atomic mass is 9.89. The summed E-state index contributed by atoms with van der Waals surface area (Å²) >= 11 is 0. The Hall–Kier alpha value is -2.99. The highest BCUT2D eigenvalue weighted by atomic mass is 19.1. The van der Waals surface area contributed by atoms with E-state index in [2.05, 4.69) is 41.6 Å². The van der Waals surface area contributed by atoms with Crippen LogP contribution < -0.4 is 10.6 Å². The number of aromatic nitrogens is 2. The van der Waals surface area contributed by atoms with Gasteiger partial charge in [0.25, 0.3) is 5.91 Å². The number of halogens is 1. The van der Waals surface area contributed by atoms with Gasteiger partial charge in [-0.15, -0.1) is 0 Å². The fourth-order valence-electron chi connectivity index (χ4n) is 3.00. The molecule has 6 heteroatoms. The molecule has 0 aliphatic heterocycles. The predicted octanol–water partition coefficient (Wildman–Crippen LogP) is 4.39. The maximum Gasteiger partial charge on any atom is 0.255 e. The molecule has 0 spiro atoms. The van der Waals surface area contributed by atoms with Gasteiger partial charge in [0.15, 0.2) is 0 Å². The van der Waals surface area contributed by atoms with Gasteiger partial charge in [-0.05, 0) is 42.0 Å². The number of benzene rings is 2. The van der Waals surface area contributed by atoms with Crippen LogP contribution in [-0.2, 0) is 18.5 Å². The lowest BCUT2D eigenvalue weighted by Gasteiger charge is -2.18. The molecule has 2 aromatic carbocycles. The number of carbonyl (C=O) groups excluding carboxylic acids is 1. The summed E-state index contributed by atoms with van der Waals surface area (Å²) in [6, 6.07) is 13.1. The molecule has 0 saturated heterocycles. The zero-order valence-electron chi connectivity index (χ0n) is 16.3.